The molecule has 206 valence electrons. The number of rotatable bonds is 9. The zero-order valence-corrected chi connectivity index (χ0v) is 21.0. The Balaban J connectivity index is 2.01. The number of hydrogen-bond donors (Lipinski definition) is 2. The van der Waals surface area contributed by atoms with Crippen LogP contribution in [0.1, 0.15) is 39.2 Å². The fourth-order valence-corrected chi connectivity index (χ4v) is 4.33. The molecule has 1 aromatic carbocycles. The highest BCUT2D eigenvalue weighted by atomic mass is 19.4. The van der Waals surface area contributed by atoms with Gasteiger partial charge in [0.15, 0.2) is 17.2 Å². The highest BCUT2D eigenvalue weighted by molar-refractivity contribution is 5.95. The largest absolute Gasteiger partial charge is 0.488 e. The van der Waals surface area contributed by atoms with Crippen molar-refractivity contribution < 1.29 is 46.1 Å². The summed E-state index contributed by atoms with van der Waals surface area (Å²) in [5.41, 5.74) is -3.89. The lowest BCUT2D eigenvalue weighted by Gasteiger charge is -2.32. The van der Waals surface area contributed by atoms with Gasteiger partial charge in [-0.1, -0.05) is 13.0 Å². The molecule has 0 radical (unpaired) electrons. The van der Waals surface area contributed by atoms with E-state index in [-0.39, 0.29) is 31.0 Å². The van der Waals surface area contributed by atoms with E-state index in [4.69, 9.17) is 14.2 Å². The van der Waals surface area contributed by atoms with Crippen LogP contribution in [0.4, 0.5) is 27.6 Å². The van der Waals surface area contributed by atoms with E-state index in [1.165, 1.54) is 31.1 Å². The lowest BCUT2D eigenvalue weighted by Crippen LogP contribution is -2.47. The molecule has 1 aliphatic rings. The smallest absolute Gasteiger partial charge is 0.417 e. The fourth-order valence-electron chi connectivity index (χ4n) is 4.33. The normalized spacial score (nSPS) is 24.4. The molecule has 1 aliphatic heterocycles. The molecule has 13 heteroatoms. The topological polar surface area (TPSA) is 94.8 Å². The van der Waals surface area contributed by atoms with Crippen molar-refractivity contribution in [1.82, 2.24) is 9.78 Å². The van der Waals surface area contributed by atoms with Crippen LogP contribution in [0.15, 0.2) is 24.5 Å². The van der Waals surface area contributed by atoms with E-state index in [2.05, 4.69) is 10.4 Å². The van der Waals surface area contributed by atoms with E-state index in [0.29, 0.717) is 0 Å². The number of carbonyl (C=O) groups is 1. The highest BCUT2D eigenvalue weighted by Gasteiger charge is 2.66. The van der Waals surface area contributed by atoms with Gasteiger partial charge in [0, 0.05) is 30.7 Å². The third-order valence-electron chi connectivity index (χ3n) is 6.35. The number of anilines is 1. The fraction of sp³-hybridized carbons (Fsp3) is 0.583. The summed E-state index contributed by atoms with van der Waals surface area (Å²) in [5, 5.41) is 16.4. The Morgan fingerprint density at radius 1 is 1.27 bits per heavy atom. The van der Waals surface area contributed by atoms with E-state index >= 15 is 0 Å². The standard InChI is InChI=1S/C24H30F5N3O5/c1-13-17(15-6-7-16(25)18(26)19(15)36-9-8-35-5)20(37-23(13,4)24(27,28)29)21(33)31-14-10-30-32(11-14)12-22(2,3)34/h6-7,10-11,13,17,20,34H,8-9,12H2,1-5H3,(H,31,33)/t13-,17-,20+,23+/m0/s1. The molecule has 0 spiro atoms. The number of alkyl halides is 3. The van der Waals surface area contributed by atoms with Crippen LogP contribution in [0.5, 0.6) is 5.75 Å². The third kappa shape index (κ3) is 6.04. The SMILES string of the molecule is COCCOc1c([C@H]2[C@H](C(=O)Nc3cnn(CC(C)(C)O)c3)O[C@@](C)(C(F)(F)F)[C@H]2C)ccc(F)c1F. The van der Waals surface area contributed by atoms with Crippen molar-refractivity contribution >= 4 is 11.6 Å². The molecule has 0 bridgehead atoms. The minimum Gasteiger partial charge on any atom is -0.488 e. The Morgan fingerprint density at radius 3 is 2.54 bits per heavy atom. The first-order valence-electron chi connectivity index (χ1n) is 11.5. The summed E-state index contributed by atoms with van der Waals surface area (Å²) in [4.78, 5) is 13.3. The number of methoxy groups -OCH3 is 1. The van der Waals surface area contributed by atoms with Crippen LogP contribution >= 0.6 is 0 Å². The summed E-state index contributed by atoms with van der Waals surface area (Å²) in [7, 11) is 1.36. The molecule has 0 saturated carbocycles. The van der Waals surface area contributed by atoms with Gasteiger partial charge in [-0.05, 0) is 26.8 Å². The van der Waals surface area contributed by atoms with Crippen molar-refractivity contribution in [1.29, 1.82) is 0 Å². The van der Waals surface area contributed by atoms with Crippen LogP contribution in [0.2, 0.25) is 0 Å². The molecule has 2 aromatic rings. The lowest BCUT2D eigenvalue weighted by molar-refractivity contribution is -0.272. The van der Waals surface area contributed by atoms with Gasteiger partial charge in [-0.2, -0.15) is 22.7 Å². The van der Waals surface area contributed by atoms with Crippen LogP contribution in [0.3, 0.4) is 0 Å². The van der Waals surface area contributed by atoms with Crippen molar-refractivity contribution in [3.63, 3.8) is 0 Å². The minimum atomic E-state index is -4.88. The molecular weight excluding hydrogens is 505 g/mol. The second-order valence-electron chi connectivity index (χ2n) is 9.81. The molecular formula is C24H30F5N3O5. The number of benzene rings is 1. The Hall–Kier alpha value is -2.77. The van der Waals surface area contributed by atoms with Gasteiger partial charge in [0.2, 0.25) is 5.82 Å². The molecule has 1 fully saturated rings. The van der Waals surface area contributed by atoms with Crippen molar-refractivity contribution in [2.45, 2.75) is 63.6 Å². The summed E-state index contributed by atoms with van der Waals surface area (Å²) < 4.78 is 88.1. The summed E-state index contributed by atoms with van der Waals surface area (Å²) in [6.07, 6.45) is -3.97. The van der Waals surface area contributed by atoms with E-state index < -0.39 is 58.6 Å². The van der Waals surface area contributed by atoms with Crippen LogP contribution in [0.25, 0.3) is 0 Å². The molecule has 1 saturated heterocycles. The van der Waals surface area contributed by atoms with Gasteiger partial charge < -0.3 is 24.6 Å². The number of aromatic nitrogens is 2. The van der Waals surface area contributed by atoms with Gasteiger partial charge in [-0.25, -0.2) is 4.39 Å². The molecule has 2 N–H and O–H groups in total. The first kappa shape index (κ1) is 28.8. The maximum Gasteiger partial charge on any atom is 0.417 e. The van der Waals surface area contributed by atoms with Crippen LogP contribution in [-0.2, 0) is 20.8 Å². The van der Waals surface area contributed by atoms with Gasteiger partial charge in [0.05, 0.1) is 30.6 Å². The lowest BCUT2D eigenvalue weighted by atomic mass is 9.77. The number of aliphatic hydroxyl groups is 1. The minimum absolute atomic E-state index is 0.00489. The van der Waals surface area contributed by atoms with E-state index in [9.17, 15) is 31.9 Å². The molecule has 8 nitrogen and oxygen atoms in total. The average molecular weight is 536 g/mol. The molecule has 4 atom stereocenters. The first-order valence-corrected chi connectivity index (χ1v) is 11.5. The Morgan fingerprint density at radius 2 is 1.95 bits per heavy atom. The molecule has 0 unspecified atom stereocenters. The summed E-state index contributed by atoms with van der Waals surface area (Å²) in [5.74, 6) is -6.96. The number of nitrogens with zero attached hydrogens (tertiary/aromatic N) is 2. The predicted octanol–water partition coefficient (Wildman–Crippen LogP) is 4.04. The van der Waals surface area contributed by atoms with Gasteiger partial charge >= 0.3 is 6.18 Å². The van der Waals surface area contributed by atoms with Crippen molar-refractivity contribution in [2.75, 3.05) is 25.6 Å². The number of halogens is 5. The quantitative estimate of drug-likeness (QED) is 0.372. The molecule has 0 aliphatic carbocycles. The van der Waals surface area contributed by atoms with Crippen LogP contribution in [0, 0.1) is 17.6 Å². The number of ether oxygens (including phenoxy) is 3. The highest BCUT2D eigenvalue weighted by Crippen LogP contribution is 2.55. The Bertz CT molecular complexity index is 1120. The predicted molar refractivity (Wildman–Crippen MR) is 122 cm³/mol. The molecule has 1 aromatic heterocycles. The second-order valence-corrected chi connectivity index (χ2v) is 9.81. The van der Waals surface area contributed by atoms with Gasteiger partial charge in [0.25, 0.3) is 5.91 Å². The molecule has 1 amide bonds. The third-order valence-corrected chi connectivity index (χ3v) is 6.35. The average Bonchev–Trinajstić information content (AvgIpc) is 3.32. The van der Waals surface area contributed by atoms with E-state index in [0.717, 1.165) is 19.1 Å². The zero-order chi connectivity index (χ0) is 27.8. The van der Waals surface area contributed by atoms with Crippen molar-refractivity contribution in [3.05, 3.63) is 41.7 Å². The summed E-state index contributed by atoms with van der Waals surface area (Å²) in [6.45, 7) is 5.03. The first-order chi connectivity index (χ1) is 17.1. The van der Waals surface area contributed by atoms with Gasteiger partial charge in [0.1, 0.15) is 12.7 Å². The summed E-state index contributed by atoms with van der Waals surface area (Å²) >= 11 is 0. The van der Waals surface area contributed by atoms with Gasteiger partial charge in [-0.15, -0.1) is 0 Å². The number of nitrogens with one attached hydrogen (secondary N) is 1. The number of amides is 1. The Kier molecular flexibility index (Phi) is 8.20. The maximum absolute atomic E-state index is 14.8. The maximum atomic E-state index is 14.8. The van der Waals surface area contributed by atoms with E-state index in [1.807, 2.05) is 0 Å². The number of carbonyl (C=O) groups excluding carboxylic acids is 1. The van der Waals surface area contributed by atoms with Crippen LogP contribution < -0.4 is 10.1 Å². The molecule has 37 heavy (non-hydrogen) atoms. The Labute approximate surface area is 210 Å². The second kappa shape index (κ2) is 10.5. The van der Waals surface area contributed by atoms with E-state index in [1.54, 1.807) is 13.8 Å². The summed E-state index contributed by atoms with van der Waals surface area (Å²) in [6, 6.07) is 1.86. The van der Waals surface area contributed by atoms with Crippen LogP contribution in [-0.4, -0.2) is 64.6 Å². The van der Waals surface area contributed by atoms with Crippen molar-refractivity contribution in [2.24, 2.45) is 5.92 Å². The monoisotopic (exact) mass is 535 g/mol. The molecule has 3 rings (SSSR count). The molecule has 2 heterocycles. The van der Waals surface area contributed by atoms with Crippen molar-refractivity contribution in [3.8, 4) is 5.75 Å². The zero-order valence-electron chi connectivity index (χ0n) is 21.0. The van der Waals surface area contributed by atoms with Gasteiger partial charge in [-0.3, -0.25) is 9.48 Å². The number of hydrogen-bond acceptors (Lipinski definition) is 6.